The van der Waals surface area contributed by atoms with Crippen molar-refractivity contribution in [2.24, 2.45) is 5.92 Å². The van der Waals surface area contributed by atoms with Crippen LogP contribution in [-0.4, -0.2) is 53.5 Å². The maximum atomic E-state index is 12.1. The molecular weight excluding hydrogens is 258 g/mol. The number of carboxylic acids is 1. The van der Waals surface area contributed by atoms with Gasteiger partial charge in [0.05, 0.1) is 5.56 Å². The summed E-state index contributed by atoms with van der Waals surface area (Å²) in [7, 11) is 3.89. The Morgan fingerprint density at radius 2 is 2.00 bits per heavy atom. The van der Waals surface area contributed by atoms with Crippen LogP contribution in [0.5, 0.6) is 0 Å². The zero-order chi connectivity index (χ0) is 15.3. The van der Waals surface area contributed by atoms with Gasteiger partial charge in [-0.05, 0) is 32.1 Å². The maximum absolute atomic E-state index is 12.1. The largest absolute Gasteiger partial charge is 0.478 e. The Hall–Kier alpha value is -1.95. The first-order valence-electron chi connectivity index (χ1n) is 6.46. The van der Waals surface area contributed by atoms with E-state index in [4.69, 9.17) is 5.11 Å². The minimum absolute atomic E-state index is 0.0125. The number of nitrogens with zero attached hydrogens (tertiary/aromatic N) is 2. The van der Waals surface area contributed by atoms with E-state index < -0.39 is 5.97 Å². The molecule has 1 aromatic heterocycles. The number of pyridine rings is 1. The summed E-state index contributed by atoms with van der Waals surface area (Å²) in [5, 5.41) is 11.7. The second-order valence-corrected chi connectivity index (χ2v) is 5.32. The van der Waals surface area contributed by atoms with Gasteiger partial charge in [-0.1, -0.05) is 13.8 Å². The molecule has 1 rings (SSSR count). The molecule has 1 amide bonds. The van der Waals surface area contributed by atoms with E-state index in [0.717, 1.165) is 6.54 Å². The number of aromatic nitrogens is 1. The Bertz CT molecular complexity index is 469. The number of aromatic carboxylic acids is 1. The van der Waals surface area contributed by atoms with E-state index in [-0.39, 0.29) is 23.2 Å². The fourth-order valence-corrected chi connectivity index (χ4v) is 1.71. The predicted molar refractivity (Wildman–Crippen MR) is 75.8 cm³/mol. The SMILES string of the molecule is CC(C)C(CN(C)C)NC(=O)c1ccc(C(=O)O)cn1. The van der Waals surface area contributed by atoms with Crippen LogP contribution >= 0.6 is 0 Å². The second kappa shape index (κ2) is 7.00. The molecule has 2 N–H and O–H groups in total. The molecule has 0 aliphatic heterocycles. The third-order valence-electron chi connectivity index (χ3n) is 2.93. The van der Waals surface area contributed by atoms with Crippen molar-refractivity contribution in [1.29, 1.82) is 0 Å². The van der Waals surface area contributed by atoms with E-state index >= 15 is 0 Å². The molecule has 6 heteroatoms. The first-order chi connectivity index (χ1) is 9.31. The lowest BCUT2D eigenvalue weighted by atomic mass is 10.0. The topological polar surface area (TPSA) is 82.5 Å². The van der Waals surface area contributed by atoms with E-state index in [1.807, 2.05) is 32.8 Å². The lowest BCUT2D eigenvalue weighted by Gasteiger charge is -2.25. The molecule has 1 aromatic rings. The lowest BCUT2D eigenvalue weighted by molar-refractivity contribution is 0.0695. The zero-order valence-corrected chi connectivity index (χ0v) is 12.3. The van der Waals surface area contributed by atoms with Crippen molar-refractivity contribution in [3.05, 3.63) is 29.6 Å². The van der Waals surface area contributed by atoms with Crippen molar-refractivity contribution >= 4 is 11.9 Å². The molecule has 0 bridgehead atoms. The highest BCUT2D eigenvalue weighted by molar-refractivity contribution is 5.93. The second-order valence-electron chi connectivity index (χ2n) is 5.32. The van der Waals surface area contributed by atoms with E-state index in [9.17, 15) is 9.59 Å². The van der Waals surface area contributed by atoms with Gasteiger partial charge in [-0.2, -0.15) is 0 Å². The van der Waals surface area contributed by atoms with Crippen molar-refractivity contribution in [2.45, 2.75) is 19.9 Å². The van der Waals surface area contributed by atoms with Gasteiger partial charge in [0.25, 0.3) is 5.91 Å². The minimum atomic E-state index is -1.06. The molecule has 1 heterocycles. The van der Waals surface area contributed by atoms with Gasteiger partial charge in [0, 0.05) is 18.8 Å². The average Bonchev–Trinajstić information content (AvgIpc) is 2.37. The number of likely N-dealkylation sites (N-methyl/N-ethyl adjacent to an activating group) is 1. The number of nitrogens with one attached hydrogen (secondary N) is 1. The van der Waals surface area contributed by atoms with E-state index in [1.165, 1.54) is 18.3 Å². The molecule has 0 aliphatic carbocycles. The number of hydrogen-bond acceptors (Lipinski definition) is 4. The zero-order valence-electron chi connectivity index (χ0n) is 12.3. The third-order valence-corrected chi connectivity index (χ3v) is 2.93. The molecule has 0 saturated carbocycles. The first-order valence-corrected chi connectivity index (χ1v) is 6.46. The minimum Gasteiger partial charge on any atom is -0.478 e. The normalized spacial score (nSPS) is 12.5. The quantitative estimate of drug-likeness (QED) is 0.814. The summed E-state index contributed by atoms with van der Waals surface area (Å²) in [6.07, 6.45) is 1.19. The summed E-state index contributed by atoms with van der Waals surface area (Å²) in [5.41, 5.74) is 0.287. The van der Waals surface area contributed by atoms with Crippen molar-refractivity contribution in [3.8, 4) is 0 Å². The van der Waals surface area contributed by atoms with E-state index in [1.54, 1.807) is 0 Å². The fourth-order valence-electron chi connectivity index (χ4n) is 1.71. The molecule has 1 unspecified atom stereocenters. The van der Waals surface area contributed by atoms with Gasteiger partial charge in [-0.3, -0.25) is 9.78 Å². The van der Waals surface area contributed by atoms with Gasteiger partial charge in [-0.15, -0.1) is 0 Å². The van der Waals surface area contributed by atoms with Crippen LogP contribution in [0, 0.1) is 5.92 Å². The third kappa shape index (κ3) is 4.62. The Kier molecular flexibility index (Phi) is 5.64. The van der Waals surface area contributed by atoms with Crippen LogP contribution in [0.1, 0.15) is 34.7 Å². The maximum Gasteiger partial charge on any atom is 0.337 e. The molecule has 6 nitrogen and oxygen atoms in total. The van der Waals surface area contributed by atoms with Crippen LogP contribution in [0.2, 0.25) is 0 Å². The average molecular weight is 279 g/mol. The van der Waals surface area contributed by atoms with Crippen molar-refractivity contribution in [2.75, 3.05) is 20.6 Å². The Labute approximate surface area is 118 Å². The highest BCUT2D eigenvalue weighted by Crippen LogP contribution is 2.05. The number of amides is 1. The molecule has 0 spiro atoms. The Morgan fingerprint density at radius 3 is 2.40 bits per heavy atom. The van der Waals surface area contributed by atoms with Crippen LogP contribution in [0.4, 0.5) is 0 Å². The molecule has 0 fully saturated rings. The standard InChI is InChI=1S/C14H21N3O3/c1-9(2)12(8-17(3)4)16-13(18)11-6-5-10(7-15-11)14(19)20/h5-7,9,12H,8H2,1-4H3,(H,16,18)(H,19,20). The number of rotatable bonds is 6. The Morgan fingerprint density at radius 1 is 1.35 bits per heavy atom. The first kappa shape index (κ1) is 16.1. The fraction of sp³-hybridized carbons (Fsp3) is 0.500. The van der Waals surface area contributed by atoms with Gasteiger partial charge < -0.3 is 15.3 Å². The number of hydrogen-bond donors (Lipinski definition) is 2. The number of carbonyl (C=O) groups excluding carboxylic acids is 1. The Balaban J connectivity index is 2.75. The number of carboxylic acid groups (broad SMARTS) is 1. The lowest BCUT2D eigenvalue weighted by Crippen LogP contribution is -2.45. The van der Waals surface area contributed by atoms with Crippen molar-refractivity contribution in [3.63, 3.8) is 0 Å². The molecule has 0 aliphatic rings. The van der Waals surface area contributed by atoms with Crippen LogP contribution in [0.25, 0.3) is 0 Å². The molecule has 20 heavy (non-hydrogen) atoms. The van der Waals surface area contributed by atoms with Gasteiger partial charge in [0.2, 0.25) is 0 Å². The monoisotopic (exact) mass is 279 g/mol. The summed E-state index contributed by atoms with van der Waals surface area (Å²) in [5.74, 6) is -1.06. The highest BCUT2D eigenvalue weighted by Gasteiger charge is 2.18. The van der Waals surface area contributed by atoms with E-state index in [0.29, 0.717) is 5.92 Å². The van der Waals surface area contributed by atoms with Gasteiger partial charge in [0.15, 0.2) is 0 Å². The molecular formula is C14H21N3O3. The molecule has 0 radical (unpaired) electrons. The van der Waals surface area contributed by atoms with Gasteiger partial charge >= 0.3 is 5.97 Å². The van der Waals surface area contributed by atoms with Crippen LogP contribution in [-0.2, 0) is 0 Å². The number of carbonyl (C=O) groups is 2. The van der Waals surface area contributed by atoms with Gasteiger partial charge in [-0.25, -0.2) is 4.79 Å². The summed E-state index contributed by atoms with van der Waals surface area (Å²) >= 11 is 0. The summed E-state index contributed by atoms with van der Waals surface area (Å²) in [6.45, 7) is 4.81. The molecule has 0 saturated heterocycles. The summed E-state index contributed by atoms with van der Waals surface area (Å²) < 4.78 is 0. The van der Waals surface area contributed by atoms with Crippen LogP contribution < -0.4 is 5.32 Å². The predicted octanol–water partition coefficient (Wildman–Crippen LogP) is 1.10. The van der Waals surface area contributed by atoms with Crippen molar-refractivity contribution < 1.29 is 14.7 Å². The summed E-state index contributed by atoms with van der Waals surface area (Å²) in [4.78, 5) is 28.7. The van der Waals surface area contributed by atoms with Crippen LogP contribution in [0.15, 0.2) is 18.3 Å². The van der Waals surface area contributed by atoms with Crippen LogP contribution in [0.3, 0.4) is 0 Å². The highest BCUT2D eigenvalue weighted by atomic mass is 16.4. The summed E-state index contributed by atoms with van der Waals surface area (Å²) in [6, 6.07) is 2.81. The smallest absolute Gasteiger partial charge is 0.337 e. The molecule has 110 valence electrons. The van der Waals surface area contributed by atoms with E-state index in [2.05, 4.69) is 10.3 Å². The van der Waals surface area contributed by atoms with Gasteiger partial charge in [0.1, 0.15) is 5.69 Å². The molecule has 1 atom stereocenters. The van der Waals surface area contributed by atoms with Crippen molar-refractivity contribution in [1.82, 2.24) is 15.2 Å². The molecule has 0 aromatic carbocycles.